The molecule has 1 aliphatic carbocycles. The van der Waals surface area contributed by atoms with Crippen LogP contribution in [-0.4, -0.2) is 21.4 Å². The Morgan fingerprint density at radius 1 is 1.04 bits per heavy atom. The first-order valence-electron chi connectivity index (χ1n) is 9.21. The lowest BCUT2D eigenvalue weighted by atomic mass is 9.82. The normalized spacial score (nSPS) is 16.4. The molecule has 0 fully saturated rings. The third-order valence-electron chi connectivity index (χ3n) is 5.27. The predicted molar refractivity (Wildman–Crippen MR) is 108 cm³/mol. The summed E-state index contributed by atoms with van der Waals surface area (Å²) in [6.45, 7) is 0. The van der Waals surface area contributed by atoms with Crippen LogP contribution >= 0.6 is 0 Å². The molecule has 28 heavy (non-hydrogen) atoms. The van der Waals surface area contributed by atoms with Gasteiger partial charge in [-0.15, -0.1) is 0 Å². The number of amides is 1. The molecule has 0 bridgehead atoms. The SMILES string of the molecule is COc1cccc2c1CCC[C@H]2C(=O)NS(=O)(=O)c1cccc2ccccc12. The number of rotatable bonds is 4. The van der Waals surface area contributed by atoms with Crippen molar-refractivity contribution < 1.29 is 17.9 Å². The van der Waals surface area contributed by atoms with E-state index in [1.54, 1.807) is 25.3 Å². The lowest BCUT2D eigenvalue weighted by Crippen LogP contribution is -2.36. The Morgan fingerprint density at radius 2 is 1.79 bits per heavy atom. The van der Waals surface area contributed by atoms with Crippen LogP contribution in [0.5, 0.6) is 5.75 Å². The van der Waals surface area contributed by atoms with Crippen LogP contribution in [0.4, 0.5) is 0 Å². The van der Waals surface area contributed by atoms with Crippen LogP contribution < -0.4 is 9.46 Å². The summed E-state index contributed by atoms with van der Waals surface area (Å²) in [4.78, 5) is 13.1. The highest BCUT2D eigenvalue weighted by Crippen LogP contribution is 2.37. The minimum Gasteiger partial charge on any atom is -0.496 e. The first kappa shape index (κ1) is 18.5. The molecule has 1 aliphatic rings. The maximum absolute atomic E-state index is 13.0. The van der Waals surface area contributed by atoms with E-state index in [9.17, 15) is 13.2 Å². The Labute approximate surface area is 164 Å². The van der Waals surface area contributed by atoms with Crippen LogP contribution in [0.1, 0.15) is 29.9 Å². The van der Waals surface area contributed by atoms with E-state index in [0.29, 0.717) is 11.8 Å². The number of carbonyl (C=O) groups is 1. The Bertz CT molecular complexity index is 1150. The molecule has 3 aromatic rings. The number of sulfonamides is 1. The highest BCUT2D eigenvalue weighted by Gasteiger charge is 2.31. The summed E-state index contributed by atoms with van der Waals surface area (Å²) in [5, 5.41) is 1.40. The van der Waals surface area contributed by atoms with Crippen molar-refractivity contribution >= 4 is 26.7 Å². The second-order valence-electron chi connectivity index (χ2n) is 6.92. The van der Waals surface area contributed by atoms with Gasteiger partial charge in [0.2, 0.25) is 5.91 Å². The van der Waals surface area contributed by atoms with Crippen LogP contribution in [0, 0.1) is 0 Å². The molecule has 0 radical (unpaired) electrons. The topological polar surface area (TPSA) is 72.5 Å². The second kappa shape index (κ2) is 7.28. The number of nitrogens with one attached hydrogen (secondary N) is 1. The van der Waals surface area contributed by atoms with Crippen LogP contribution in [0.25, 0.3) is 10.8 Å². The summed E-state index contributed by atoms with van der Waals surface area (Å²) in [5.74, 6) is -0.266. The average Bonchev–Trinajstić information content (AvgIpc) is 2.72. The maximum atomic E-state index is 13.0. The van der Waals surface area contributed by atoms with Gasteiger partial charge in [-0.25, -0.2) is 13.1 Å². The standard InChI is InChI=1S/C22H21NO4S/c1-27-20-13-6-10-17-18(20)11-5-12-19(17)22(24)23-28(25,26)21-14-4-8-15-7-2-3-9-16(15)21/h2-4,6-10,13-14,19H,5,11-12H2,1H3,(H,23,24)/t19-/m1/s1. The number of ether oxygens (including phenoxy) is 1. The van der Waals surface area contributed by atoms with Gasteiger partial charge in [0.1, 0.15) is 5.75 Å². The highest BCUT2D eigenvalue weighted by atomic mass is 32.2. The molecule has 0 unspecified atom stereocenters. The lowest BCUT2D eigenvalue weighted by Gasteiger charge is -2.26. The molecular weight excluding hydrogens is 374 g/mol. The van der Waals surface area contributed by atoms with Crippen molar-refractivity contribution in [1.29, 1.82) is 0 Å². The van der Waals surface area contributed by atoms with Gasteiger partial charge in [-0.2, -0.15) is 0 Å². The van der Waals surface area contributed by atoms with Gasteiger partial charge < -0.3 is 4.74 Å². The number of methoxy groups -OCH3 is 1. The van der Waals surface area contributed by atoms with Gasteiger partial charge in [0, 0.05) is 5.39 Å². The summed E-state index contributed by atoms with van der Waals surface area (Å²) in [7, 11) is -2.38. The number of hydrogen-bond donors (Lipinski definition) is 1. The summed E-state index contributed by atoms with van der Waals surface area (Å²) >= 11 is 0. The number of fused-ring (bicyclic) bond motifs is 2. The Kier molecular flexibility index (Phi) is 4.81. The molecule has 0 saturated heterocycles. The maximum Gasteiger partial charge on any atom is 0.264 e. The first-order chi connectivity index (χ1) is 13.5. The summed E-state index contributed by atoms with van der Waals surface area (Å²) in [5.41, 5.74) is 1.83. The van der Waals surface area contributed by atoms with Crippen molar-refractivity contribution in [2.75, 3.05) is 7.11 Å². The molecular formula is C22H21NO4S. The quantitative estimate of drug-likeness (QED) is 0.730. The van der Waals surface area contributed by atoms with Crippen molar-refractivity contribution in [2.24, 2.45) is 0 Å². The molecule has 0 saturated carbocycles. The number of hydrogen-bond acceptors (Lipinski definition) is 4. The summed E-state index contributed by atoms with van der Waals surface area (Å²) in [6, 6.07) is 17.9. The van der Waals surface area contributed by atoms with Crippen molar-refractivity contribution in [3.05, 3.63) is 71.8 Å². The fraction of sp³-hybridized carbons (Fsp3) is 0.227. The highest BCUT2D eigenvalue weighted by molar-refractivity contribution is 7.90. The van der Waals surface area contributed by atoms with E-state index >= 15 is 0 Å². The molecule has 6 heteroatoms. The van der Waals surface area contributed by atoms with Crippen molar-refractivity contribution in [3.63, 3.8) is 0 Å². The molecule has 1 amide bonds. The van der Waals surface area contributed by atoms with Gasteiger partial charge in [-0.3, -0.25) is 4.79 Å². The molecule has 4 rings (SSSR count). The van der Waals surface area contributed by atoms with Gasteiger partial charge in [-0.1, -0.05) is 48.5 Å². The van der Waals surface area contributed by atoms with E-state index in [4.69, 9.17) is 4.74 Å². The van der Waals surface area contributed by atoms with E-state index in [2.05, 4.69) is 4.72 Å². The van der Waals surface area contributed by atoms with E-state index in [1.165, 1.54) is 6.07 Å². The van der Waals surface area contributed by atoms with Gasteiger partial charge in [0.25, 0.3) is 10.0 Å². The average molecular weight is 395 g/mol. The van der Waals surface area contributed by atoms with Crippen molar-refractivity contribution in [3.8, 4) is 5.75 Å². The van der Waals surface area contributed by atoms with Crippen LogP contribution in [0.2, 0.25) is 0 Å². The van der Waals surface area contributed by atoms with Gasteiger partial charge in [0.05, 0.1) is 17.9 Å². The van der Waals surface area contributed by atoms with Gasteiger partial charge >= 0.3 is 0 Å². The summed E-state index contributed by atoms with van der Waals surface area (Å²) < 4.78 is 33.7. The summed E-state index contributed by atoms with van der Waals surface area (Å²) in [6.07, 6.45) is 2.23. The fourth-order valence-corrected chi connectivity index (χ4v) is 5.22. The van der Waals surface area contributed by atoms with Crippen LogP contribution in [0.3, 0.4) is 0 Å². The zero-order valence-corrected chi connectivity index (χ0v) is 16.3. The third kappa shape index (κ3) is 3.24. The monoisotopic (exact) mass is 395 g/mol. The molecule has 0 aliphatic heterocycles. The lowest BCUT2D eigenvalue weighted by molar-refractivity contribution is -0.121. The smallest absolute Gasteiger partial charge is 0.264 e. The van der Waals surface area contributed by atoms with Crippen molar-refractivity contribution in [2.45, 2.75) is 30.1 Å². The molecule has 0 heterocycles. The molecule has 1 N–H and O–H groups in total. The Balaban J connectivity index is 1.68. The number of benzene rings is 3. The first-order valence-corrected chi connectivity index (χ1v) is 10.7. The zero-order chi connectivity index (χ0) is 19.7. The molecule has 3 aromatic carbocycles. The Hall–Kier alpha value is -2.86. The van der Waals surface area contributed by atoms with E-state index in [-0.39, 0.29) is 4.90 Å². The van der Waals surface area contributed by atoms with E-state index < -0.39 is 21.8 Å². The second-order valence-corrected chi connectivity index (χ2v) is 8.57. The molecule has 144 valence electrons. The van der Waals surface area contributed by atoms with Gasteiger partial charge in [-0.05, 0) is 47.9 Å². The molecule has 0 spiro atoms. The largest absolute Gasteiger partial charge is 0.496 e. The third-order valence-corrected chi connectivity index (χ3v) is 6.68. The van der Waals surface area contributed by atoms with Crippen LogP contribution in [0.15, 0.2) is 65.6 Å². The Morgan fingerprint density at radius 3 is 2.61 bits per heavy atom. The van der Waals surface area contributed by atoms with E-state index in [1.807, 2.05) is 36.4 Å². The number of carbonyl (C=O) groups excluding carboxylic acids is 1. The van der Waals surface area contributed by atoms with Crippen molar-refractivity contribution in [1.82, 2.24) is 4.72 Å². The molecule has 5 nitrogen and oxygen atoms in total. The van der Waals surface area contributed by atoms with Gasteiger partial charge in [0.15, 0.2) is 0 Å². The zero-order valence-electron chi connectivity index (χ0n) is 15.5. The van der Waals surface area contributed by atoms with Crippen LogP contribution in [-0.2, 0) is 21.2 Å². The predicted octanol–water partition coefficient (Wildman–Crippen LogP) is 3.77. The van der Waals surface area contributed by atoms with E-state index in [0.717, 1.165) is 35.1 Å². The fourth-order valence-electron chi connectivity index (χ4n) is 3.97. The minimum atomic E-state index is -3.98. The molecule has 1 atom stereocenters. The minimum absolute atomic E-state index is 0.112. The molecule has 0 aromatic heterocycles.